The maximum Gasteiger partial charge on any atom is 0.184 e. The summed E-state index contributed by atoms with van der Waals surface area (Å²) < 4.78 is 18.5. The average Bonchev–Trinajstić information content (AvgIpc) is 2.25. The van der Waals surface area contributed by atoms with Crippen molar-refractivity contribution in [3.05, 3.63) is 35.6 Å². The van der Waals surface area contributed by atoms with Crippen LogP contribution in [0.3, 0.4) is 0 Å². The number of hydrogen-bond acceptors (Lipinski definition) is 2. The zero-order valence-corrected chi connectivity index (χ0v) is 11.2. The third kappa shape index (κ3) is 3.56. The summed E-state index contributed by atoms with van der Waals surface area (Å²) in [5.74, 6) is 0.628. The summed E-state index contributed by atoms with van der Waals surface area (Å²) >= 11 is 0. The Balaban J connectivity index is 1.97. The van der Waals surface area contributed by atoms with E-state index in [-0.39, 0.29) is 17.5 Å². The normalized spacial score (nSPS) is 22.2. The fraction of sp³-hybridized carbons (Fsp3) is 0.533. The highest BCUT2D eigenvalue weighted by atomic mass is 19.1. The summed E-state index contributed by atoms with van der Waals surface area (Å²) in [5.41, 5.74) is 1.08. The lowest BCUT2D eigenvalue weighted by molar-refractivity contribution is 0.139. The molecule has 2 rings (SSSR count). The van der Waals surface area contributed by atoms with Crippen molar-refractivity contribution in [2.45, 2.75) is 51.7 Å². The van der Waals surface area contributed by atoms with Crippen molar-refractivity contribution in [1.82, 2.24) is 0 Å². The monoisotopic (exact) mass is 249 g/mol. The number of halogens is 1. The summed E-state index contributed by atoms with van der Waals surface area (Å²) in [6, 6.07) is 6.61. The molecular weight excluding hydrogens is 229 g/mol. The van der Waals surface area contributed by atoms with Gasteiger partial charge in [-0.25, -0.2) is 9.38 Å². The molecule has 0 bridgehead atoms. The lowest BCUT2D eigenvalue weighted by Crippen LogP contribution is -2.34. The number of nitrogens with zero attached hydrogens (tertiary/aromatic N) is 1. The third-order valence-electron chi connectivity index (χ3n) is 3.09. The van der Waals surface area contributed by atoms with Crippen molar-refractivity contribution < 1.29 is 9.13 Å². The molecule has 18 heavy (non-hydrogen) atoms. The maximum absolute atomic E-state index is 12.8. The SMILES string of the molecule is CC1CC(C)(C)N=C(CCc2ccc(F)cc2)O1. The topological polar surface area (TPSA) is 21.6 Å². The van der Waals surface area contributed by atoms with E-state index in [1.165, 1.54) is 12.1 Å². The first-order valence-electron chi connectivity index (χ1n) is 6.44. The quantitative estimate of drug-likeness (QED) is 0.799. The Morgan fingerprint density at radius 1 is 1.28 bits per heavy atom. The van der Waals surface area contributed by atoms with E-state index >= 15 is 0 Å². The van der Waals surface area contributed by atoms with Crippen LogP contribution in [-0.4, -0.2) is 17.5 Å². The van der Waals surface area contributed by atoms with Gasteiger partial charge in [-0.2, -0.15) is 0 Å². The van der Waals surface area contributed by atoms with E-state index in [9.17, 15) is 4.39 Å². The van der Waals surface area contributed by atoms with Crippen molar-refractivity contribution in [3.63, 3.8) is 0 Å². The zero-order chi connectivity index (χ0) is 13.2. The average molecular weight is 249 g/mol. The smallest absolute Gasteiger partial charge is 0.184 e. The van der Waals surface area contributed by atoms with E-state index in [0.717, 1.165) is 30.7 Å². The van der Waals surface area contributed by atoms with Crippen LogP contribution in [0.25, 0.3) is 0 Å². The summed E-state index contributed by atoms with van der Waals surface area (Å²) in [7, 11) is 0. The van der Waals surface area contributed by atoms with E-state index in [1.54, 1.807) is 0 Å². The molecular formula is C15H20FNO. The largest absolute Gasteiger partial charge is 0.478 e. The van der Waals surface area contributed by atoms with Crippen LogP contribution in [0.4, 0.5) is 4.39 Å². The summed E-state index contributed by atoms with van der Waals surface area (Å²) in [6.45, 7) is 6.34. The predicted molar refractivity (Wildman–Crippen MR) is 71.4 cm³/mol. The molecule has 0 saturated carbocycles. The van der Waals surface area contributed by atoms with Gasteiger partial charge in [0, 0.05) is 12.8 Å². The number of aryl methyl sites for hydroxylation is 1. The first kappa shape index (κ1) is 13.1. The number of benzene rings is 1. The first-order valence-corrected chi connectivity index (χ1v) is 6.44. The molecule has 1 aliphatic rings. The van der Waals surface area contributed by atoms with Crippen LogP contribution in [0.15, 0.2) is 29.3 Å². The van der Waals surface area contributed by atoms with Gasteiger partial charge in [-0.1, -0.05) is 12.1 Å². The molecule has 1 aromatic rings. The number of hydrogen-bond donors (Lipinski definition) is 0. The van der Waals surface area contributed by atoms with Gasteiger partial charge in [0.25, 0.3) is 0 Å². The number of ether oxygens (including phenoxy) is 1. The second-order valence-electron chi connectivity index (χ2n) is 5.58. The fourth-order valence-corrected chi connectivity index (χ4v) is 2.40. The molecule has 98 valence electrons. The fourth-order valence-electron chi connectivity index (χ4n) is 2.40. The first-order chi connectivity index (χ1) is 8.44. The Morgan fingerprint density at radius 3 is 2.56 bits per heavy atom. The Kier molecular flexibility index (Phi) is 3.69. The molecule has 1 unspecified atom stereocenters. The van der Waals surface area contributed by atoms with Gasteiger partial charge in [0.1, 0.15) is 5.82 Å². The maximum atomic E-state index is 12.8. The van der Waals surface area contributed by atoms with Crippen LogP contribution in [-0.2, 0) is 11.2 Å². The second kappa shape index (κ2) is 5.09. The van der Waals surface area contributed by atoms with E-state index < -0.39 is 0 Å². The molecule has 0 amide bonds. The molecule has 3 heteroatoms. The van der Waals surface area contributed by atoms with Crippen LogP contribution in [0, 0.1) is 5.82 Å². The molecule has 1 atom stereocenters. The minimum absolute atomic E-state index is 0.0319. The van der Waals surface area contributed by atoms with Crippen LogP contribution >= 0.6 is 0 Å². The minimum atomic E-state index is -0.195. The Morgan fingerprint density at radius 2 is 1.94 bits per heavy atom. The molecule has 0 saturated heterocycles. The molecule has 1 heterocycles. The third-order valence-corrected chi connectivity index (χ3v) is 3.09. The summed E-state index contributed by atoms with van der Waals surface area (Å²) in [4.78, 5) is 4.62. The van der Waals surface area contributed by atoms with Crippen LogP contribution < -0.4 is 0 Å². The van der Waals surface area contributed by atoms with Gasteiger partial charge in [-0.05, 0) is 44.9 Å². The van der Waals surface area contributed by atoms with Crippen molar-refractivity contribution in [1.29, 1.82) is 0 Å². The van der Waals surface area contributed by atoms with Gasteiger partial charge in [0.05, 0.1) is 11.6 Å². The van der Waals surface area contributed by atoms with Gasteiger partial charge >= 0.3 is 0 Å². The van der Waals surface area contributed by atoms with Gasteiger partial charge in [-0.15, -0.1) is 0 Å². The van der Waals surface area contributed by atoms with Crippen molar-refractivity contribution in [2.24, 2.45) is 4.99 Å². The zero-order valence-electron chi connectivity index (χ0n) is 11.2. The lowest BCUT2D eigenvalue weighted by Gasteiger charge is -2.31. The molecule has 1 aromatic carbocycles. The highest BCUT2D eigenvalue weighted by Crippen LogP contribution is 2.25. The van der Waals surface area contributed by atoms with Crippen molar-refractivity contribution in [3.8, 4) is 0 Å². The Bertz CT molecular complexity index is 436. The molecule has 2 nitrogen and oxygen atoms in total. The van der Waals surface area contributed by atoms with Crippen LogP contribution in [0.1, 0.15) is 39.2 Å². The highest BCUT2D eigenvalue weighted by Gasteiger charge is 2.27. The highest BCUT2D eigenvalue weighted by molar-refractivity contribution is 5.77. The molecule has 0 fully saturated rings. The Hall–Kier alpha value is -1.38. The van der Waals surface area contributed by atoms with Crippen molar-refractivity contribution in [2.75, 3.05) is 0 Å². The Labute approximate surface area is 108 Å². The van der Waals surface area contributed by atoms with Gasteiger partial charge in [-0.3, -0.25) is 0 Å². The van der Waals surface area contributed by atoms with Crippen LogP contribution in [0.2, 0.25) is 0 Å². The standard InChI is InChI=1S/C15H20FNO/c1-11-10-15(2,3)17-14(18-11)9-6-12-4-7-13(16)8-5-12/h4-5,7-8,11H,6,9-10H2,1-3H3. The van der Waals surface area contributed by atoms with Gasteiger partial charge in [0.15, 0.2) is 5.90 Å². The summed E-state index contributed by atoms with van der Waals surface area (Å²) in [5, 5.41) is 0. The summed E-state index contributed by atoms with van der Waals surface area (Å²) in [6.07, 6.45) is 2.79. The molecule has 0 N–H and O–H groups in total. The van der Waals surface area contributed by atoms with Gasteiger partial charge in [0.2, 0.25) is 0 Å². The molecule has 0 spiro atoms. The molecule has 0 aromatic heterocycles. The predicted octanol–water partition coefficient (Wildman–Crippen LogP) is 3.74. The lowest BCUT2D eigenvalue weighted by atomic mass is 9.96. The molecule has 1 aliphatic heterocycles. The van der Waals surface area contributed by atoms with Crippen LogP contribution in [0.5, 0.6) is 0 Å². The molecule has 0 radical (unpaired) electrons. The number of aliphatic imine (C=N–C) groups is 1. The van der Waals surface area contributed by atoms with E-state index in [2.05, 4.69) is 25.8 Å². The van der Waals surface area contributed by atoms with E-state index in [4.69, 9.17) is 4.74 Å². The minimum Gasteiger partial charge on any atom is -0.478 e. The number of rotatable bonds is 3. The second-order valence-corrected chi connectivity index (χ2v) is 5.58. The van der Waals surface area contributed by atoms with Crippen molar-refractivity contribution >= 4 is 5.90 Å². The molecule has 0 aliphatic carbocycles. The van der Waals surface area contributed by atoms with E-state index in [0.29, 0.717) is 0 Å². The van der Waals surface area contributed by atoms with Gasteiger partial charge < -0.3 is 4.74 Å². The van der Waals surface area contributed by atoms with E-state index in [1.807, 2.05) is 12.1 Å².